The first-order valence-electron chi connectivity index (χ1n) is 11.3. The molecule has 4 aromatic rings. The Labute approximate surface area is 196 Å². The van der Waals surface area contributed by atoms with Gasteiger partial charge in [-0.05, 0) is 43.2 Å². The second-order valence-corrected chi connectivity index (χ2v) is 8.75. The van der Waals surface area contributed by atoms with E-state index in [0.717, 1.165) is 36.1 Å². The van der Waals surface area contributed by atoms with Gasteiger partial charge in [0.05, 0.1) is 38.4 Å². The van der Waals surface area contributed by atoms with Gasteiger partial charge < -0.3 is 14.2 Å². The number of morpholine rings is 1. The Hall–Kier alpha value is -3.50. The highest BCUT2D eigenvalue weighted by molar-refractivity contribution is 5.89. The predicted octanol–water partition coefficient (Wildman–Crippen LogP) is 2.11. The van der Waals surface area contributed by atoms with Crippen LogP contribution in [0.3, 0.4) is 0 Å². The number of hydrogen-bond donors (Lipinski definition) is 0. The second kappa shape index (κ2) is 9.03. The van der Waals surface area contributed by atoms with Crippen LogP contribution in [0.5, 0.6) is 11.5 Å². The summed E-state index contributed by atoms with van der Waals surface area (Å²) in [4.78, 5) is 24.7. The lowest BCUT2D eigenvalue weighted by molar-refractivity contribution is -0.0705. The first kappa shape index (κ1) is 22.3. The molecule has 2 atom stereocenters. The number of benzene rings is 1. The molecule has 5 rings (SSSR count). The van der Waals surface area contributed by atoms with Gasteiger partial charge in [-0.25, -0.2) is 14.8 Å². The minimum atomic E-state index is -0.308. The lowest BCUT2D eigenvalue weighted by Crippen LogP contribution is -2.44. The van der Waals surface area contributed by atoms with Crippen molar-refractivity contribution in [3.63, 3.8) is 0 Å². The highest BCUT2D eigenvalue weighted by Gasteiger charge is 2.23. The van der Waals surface area contributed by atoms with Crippen LogP contribution in [-0.4, -0.2) is 68.6 Å². The lowest BCUT2D eigenvalue weighted by atomic mass is 10.1. The van der Waals surface area contributed by atoms with Gasteiger partial charge in [-0.15, -0.1) is 0 Å². The van der Waals surface area contributed by atoms with Crippen LogP contribution in [-0.2, 0) is 17.8 Å². The number of pyridine rings is 1. The number of fused-ring (bicyclic) bond motifs is 3. The fraction of sp³-hybridized carbons (Fsp3) is 0.417. The molecular weight excluding hydrogens is 436 g/mol. The molecule has 0 amide bonds. The number of hydrogen-bond acceptors (Lipinski definition) is 8. The Kier molecular flexibility index (Phi) is 5.93. The maximum Gasteiger partial charge on any atom is 0.352 e. The minimum absolute atomic E-state index is 0.186. The largest absolute Gasteiger partial charge is 0.497 e. The number of aromatic nitrogens is 5. The Bertz CT molecular complexity index is 1370. The number of nitrogens with zero attached hydrogens (tertiary/aromatic N) is 6. The summed E-state index contributed by atoms with van der Waals surface area (Å²) in [5, 5.41) is 4.95. The molecule has 4 heterocycles. The van der Waals surface area contributed by atoms with Crippen LogP contribution in [0.1, 0.15) is 25.0 Å². The summed E-state index contributed by atoms with van der Waals surface area (Å²) >= 11 is 0. The van der Waals surface area contributed by atoms with E-state index in [9.17, 15) is 4.79 Å². The zero-order valence-corrected chi connectivity index (χ0v) is 19.8. The molecule has 0 unspecified atom stereocenters. The molecule has 0 spiro atoms. The van der Waals surface area contributed by atoms with E-state index in [2.05, 4.69) is 34.9 Å². The van der Waals surface area contributed by atoms with E-state index in [0.29, 0.717) is 22.8 Å². The summed E-state index contributed by atoms with van der Waals surface area (Å²) in [5.41, 5.74) is 2.64. The summed E-state index contributed by atoms with van der Waals surface area (Å²) in [5.74, 6) is 1.30. The van der Waals surface area contributed by atoms with Crippen LogP contribution in [0.15, 0.2) is 41.6 Å². The standard InChI is InChI=1S/C24H28N6O4/c1-15-10-28(11-16(2)34-15)12-18-7-21-22(25-9-18)29(24(31)30-23(21)26-14-27-30)13-17-5-19(32-3)8-20(6-17)33-4/h5-9,14-16H,10-13H2,1-4H3/t15-,16+. The summed E-state index contributed by atoms with van der Waals surface area (Å²) in [6.45, 7) is 6.93. The van der Waals surface area contributed by atoms with Gasteiger partial charge in [0.1, 0.15) is 23.5 Å². The molecule has 10 heteroatoms. The Morgan fingerprint density at radius 3 is 2.32 bits per heavy atom. The summed E-state index contributed by atoms with van der Waals surface area (Å²) in [7, 11) is 3.20. The normalized spacial score (nSPS) is 19.1. The maximum atomic E-state index is 13.3. The van der Waals surface area contributed by atoms with Gasteiger partial charge in [0.2, 0.25) is 0 Å². The SMILES string of the molecule is COc1cc(Cn2c(=O)n3ncnc3c3cc(CN4C[C@@H](C)O[C@@H](C)C4)cnc32)cc(OC)c1. The van der Waals surface area contributed by atoms with Crippen LogP contribution in [0.2, 0.25) is 0 Å². The Balaban J connectivity index is 1.57. The maximum absolute atomic E-state index is 13.3. The number of ether oxygens (including phenoxy) is 3. The molecule has 0 aliphatic carbocycles. The zero-order valence-electron chi connectivity index (χ0n) is 19.8. The second-order valence-electron chi connectivity index (χ2n) is 8.75. The van der Waals surface area contributed by atoms with E-state index in [-0.39, 0.29) is 24.4 Å². The van der Waals surface area contributed by atoms with Gasteiger partial charge >= 0.3 is 5.69 Å². The molecule has 10 nitrogen and oxygen atoms in total. The molecule has 0 N–H and O–H groups in total. The van der Waals surface area contributed by atoms with Gasteiger partial charge in [0.15, 0.2) is 5.65 Å². The number of methoxy groups -OCH3 is 2. The fourth-order valence-electron chi connectivity index (χ4n) is 4.69. The molecule has 0 radical (unpaired) electrons. The molecule has 178 valence electrons. The van der Waals surface area contributed by atoms with Gasteiger partial charge in [-0.3, -0.25) is 9.47 Å². The molecular formula is C24H28N6O4. The van der Waals surface area contributed by atoms with E-state index in [1.807, 2.05) is 18.3 Å². The van der Waals surface area contributed by atoms with Crippen molar-refractivity contribution >= 4 is 16.7 Å². The Morgan fingerprint density at radius 2 is 1.65 bits per heavy atom. The van der Waals surface area contributed by atoms with Gasteiger partial charge in [0, 0.05) is 31.9 Å². The summed E-state index contributed by atoms with van der Waals surface area (Å²) < 4.78 is 19.6. The smallest absolute Gasteiger partial charge is 0.352 e. The highest BCUT2D eigenvalue weighted by Crippen LogP contribution is 2.24. The molecule has 1 aromatic carbocycles. The van der Waals surface area contributed by atoms with Crippen LogP contribution in [0.25, 0.3) is 16.7 Å². The monoisotopic (exact) mass is 464 g/mol. The van der Waals surface area contributed by atoms with Crippen molar-refractivity contribution in [2.75, 3.05) is 27.3 Å². The van der Waals surface area contributed by atoms with Crippen LogP contribution < -0.4 is 15.2 Å². The van der Waals surface area contributed by atoms with Crippen molar-refractivity contribution in [1.29, 1.82) is 0 Å². The molecule has 1 aliphatic heterocycles. The summed E-state index contributed by atoms with van der Waals surface area (Å²) in [6, 6.07) is 7.60. The third-order valence-corrected chi connectivity index (χ3v) is 6.03. The third-order valence-electron chi connectivity index (χ3n) is 6.03. The van der Waals surface area contributed by atoms with Gasteiger partial charge in [-0.2, -0.15) is 9.61 Å². The van der Waals surface area contributed by atoms with Crippen LogP contribution >= 0.6 is 0 Å². The lowest BCUT2D eigenvalue weighted by Gasteiger charge is -2.35. The van der Waals surface area contributed by atoms with Gasteiger partial charge in [-0.1, -0.05) is 0 Å². The van der Waals surface area contributed by atoms with Crippen molar-refractivity contribution in [2.45, 2.75) is 39.1 Å². The van der Waals surface area contributed by atoms with E-state index in [1.165, 1.54) is 10.8 Å². The van der Waals surface area contributed by atoms with Crippen LogP contribution in [0, 0.1) is 0 Å². The average molecular weight is 465 g/mol. The van der Waals surface area contributed by atoms with Crippen LogP contribution in [0.4, 0.5) is 0 Å². The molecule has 1 aliphatic rings. The van der Waals surface area contributed by atoms with E-state index in [4.69, 9.17) is 19.2 Å². The Morgan fingerprint density at radius 1 is 0.941 bits per heavy atom. The molecule has 34 heavy (non-hydrogen) atoms. The average Bonchev–Trinajstić information content (AvgIpc) is 3.31. The number of rotatable bonds is 6. The molecule has 0 saturated carbocycles. The quantitative estimate of drug-likeness (QED) is 0.428. The molecule has 3 aromatic heterocycles. The van der Waals surface area contributed by atoms with Crippen molar-refractivity contribution in [3.05, 3.63) is 58.4 Å². The molecule has 0 bridgehead atoms. The highest BCUT2D eigenvalue weighted by atomic mass is 16.5. The molecule has 1 saturated heterocycles. The predicted molar refractivity (Wildman–Crippen MR) is 126 cm³/mol. The first-order valence-corrected chi connectivity index (χ1v) is 11.3. The first-order chi connectivity index (χ1) is 16.4. The fourth-order valence-corrected chi connectivity index (χ4v) is 4.69. The van der Waals surface area contributed by atoms with Crippen molar-refractivity contribution in [2.24, 2.45) is 0 Å². The van der Waals surface area contributed by atoms with Gasteiger partial charge in [0.25, 0.3) is 0 Å². The van der Waals surface area contributed by atoms with Crippen molar-refractivity contribution in [3.8, 4) is 11.5 Å². The van der Waals surface area contributed by atoms with E-state index < -0.39 is 0 Å². The van der Waals surface area contributed by atoms with Crippen molar-refractivity contribution < 1.29 is 14.2 Å². The summed E-state index contributed by atoms with van der Waals surface area (Å²) in [6.07, 6.45) is 3.60. The third kappa shape index (κ3) is 4.22. The van der Waals surface area contributed by atoms with Crippen molar-refractivity contribution in [1.82, 2.24) is 29.0 Å². The minimum Gasteiger partial charge on any atom is -0.497 e. The zero-order chi connectivity index (χ0) is 23.8. The topological polar surface area (TPSA) is 96.0 Å². The molecule has 1 fully saturated rings. The van der Waals surface area contributed by atoms with E-state index >= 15 is 0 Å². The van der Waals surface area contributed by atoms with E-state index in [1.54, 1.807) is 24.9 Å².